The van der Waals surface area contributed by atoms with Gasteiger partial charge in [0.2, 0.25) is 0 Å². The van der Waals surface area contributed by atoms with Gasteiger partial charge in [-0.3, -0.25) is 0 Å². The molecule has 1 aliphatic heterocycles. The predicted octanol–water partition coefficient (Wildman–Crippen LogP) is 4.45. The Morgan fingerprint density at radius 3 is 2.48 bits per heavy atom. The third-order valence-electron chi connectivity index (χ3n) is 4.28. The lowest BCUT2D eigenvalue weighted by molar-refractivity contribution is 0.171. The van der Waals surface area contributed by atoms with E-state index >= 15 is 0 Å². The molecule has 0 saturated carbocycles. The van der Waals surface area contributed by atoms with Gasteiger partial charge < -0.3 is 20.1 Å². The first-order valence-electron chi connectivity index (χ1n) is 8.57. The average molecular weight is 356 g/mol. The van der Waals surface area contributed by atoms with E-state index in [1.807, 2.05) is 18.2 Å². The fourth-order valence-corrected chi connectivity index (χ4v) is 3.21. The van der Waals surface area contributed by atoms with E-state index in [2.05, 4.69) is 55.7 Å². The van der Waals surface area contributed by atoms with Gasteiger partial charge in [0.25, 0.3) is 0 Å². The SMILES string of the molecule is Cc1ccccc1C(NC(=S)Nc1ccc2c(c1)OCCO2)C(C)C. The second kappa shape index (κ2) is 7.74. The van der Waals surface area contributed by atoms with Crippen LogP contribution < -0.4 is 20.1 Å². The van der Waals surface area contributed by atoms with E-state index in [1.54, 1.807) is 0 Å². The molecule has 0 fully saturated rings. The van der Waals surface area contributed by atoms with Crippen molar-refractivity contribution in [3.63, 3.8) is 0 Å². The van der Waals surface area contributed by atoms with Gasteiger partial charge in [-0.15, -0.1) is 0 Å². The Labute approximate surface area is 154 Å². The molecule has 132 valence electrons. The standard InChI is InChI=1S/C20H24N2O2S/c1-13(2)19(16-7-5-4-6-14(16)3)22-20(25)21-15-8-9-17-18(12-15)24-11-10-23-17/h4-9,12-13,19H,10-11H2,1-3H3,(H2,21,22,25). The Kier molecular flexibility index (Phi) is 5.43. The summed E-state index contributed by atoms with van der Waals surface area (Å²) in [6.45, 7) is 7.67. The maximum absolute atomic E-state index is 5.62. The summed E-state index contributed by atoms with van der Waals surface area (Å²) < 4.78 is 11.2. The molecule has 0 spiro atoms. The second-order valence-corrected chi connectivity index (χ2v) is 6.94. The van der Waals surface area contributed by atoms with E-state index < -0.39 is 0 Å². The molecular weight excluding hydrogens is 332 g/mol. The van der Waals surface area contributed by atoms with Crippen LogP contribution in [0.15, 0.2) is 42.5 Å². The highest BCUT2D eigenvalue weighted by Crippen LogP contribution is 2.32. The number of benzene rings is 2. The Morgan fingerprint density at radius 1 is 1.04 bits per heavy atom. The predicted molar refractivity (Wildman–Crippen MR) is 106 cm³/mol. The molecule has 1 heterocycles. The molecule has 4 nitrogen and oxygen atoms in total. The van der Waals surface area contributed by atoms with E-state index in [0.717, 1.165) is 17.2 Å². The minimum Gasteiger partial charge on any atom is -0.486 e. The van der Waals surface area contributed by atoms with Crippen molar-refractivity contribution >= 4 is 23.0 Å². The number of nitrogens with one attached hydrogen (secondary N) is 2. The molecule has 2 N–H and O–H groups in total. The molecule has 0 saturated heterocycles. The normalized spacial score (nSPS) is 14.1. The zero-order chi connectivity index (χ0) is 17.8. The monoisotopic (exact) mass is 356 g/mol. The van der Waals surface area contributed by atoms with Gasteiger partial charge in [0, 0.05) is 11.8 Å². The molecule has 0 bridgehead atoms. The summed E-state index contributed by atoms with van der Waals surface area (Å²) in [5.41, 5.74) is 3.41. The van der Waals surface area contributed by atoms with Gasteiger partial charge in [-0.1, -0.05) is 38.1 Å². The number of ether oxygens (including phenoxy) is 2. The first kappa shape index (κ1) is 17.5. The van der Waals surface area contributed by atoms with Gasteiger partial charge in [-0.05, 0) is 48.3 Å². The molecule has 1 aliphatic rings. The maximum atomic E-state index is 5.62. The number of fused-ring (bicyclic) bond motifs is 1. The molecule has 0 aromatic heterocycles. The van der Waals surface area contributed by atoms with E-state index in [0.29, 0.717) is 24.2 Å². The summed E-state index contributed by atoms with van der Waals surface area (Å²) in [5.74, 6) is 1.93. The zero-order valence-corrected chi connectivity index (χ0v) is 15.7. The largest absolute Gasteiger partial charge is 0.486 e. The molecule has 5 heteroatoms. The Balaban J connectivity index is 1.71. The second-order valence-electron chi connectivity index (χ2n) is 6.54. The Bertz CT molecular complexity index is 761. The smallest absolute Gasteiger partial charge is 0.171 e. The third kappa shape index (κ3) is 4.23. The third-order valence-corrected chi connectivity index (χ3v) is 4.50. The van der Waals surface area contributed by atoms with Gasteiger partial charge in [0.15, 0.2) is 16.6 Å². The zero-order valence-electron chi connectivity index (χ0n) is 14.8. The molecule has 0 amide bonds. The molecular formula is C20H24N2O2S. The average Bonchev–Trinajstić information content (AvgIpc) is 2.60. The molecule has 25 heavy (non-hydrogen) atoms. The van der Waals surface area contributed by atoms with Crippen molar-refractivity contribution in [3.8, 4) is 11.5 Å². The van der Waals surface area contributed by atoms with Crippen LogP contribution in [0, 0.1) is 12.8 Å². The van der Waals surface area contributed by atoms with Crippen LogP contribution in [0.5, 0.6) is 11.5 Å². The fraction of sp³-hybridized carbons (Fsp3) is 0.350. The summed E-state index contributed by atoms with van der Waals surface area (Å²) in [6, 6.07) is 14.3. The van der Waals surface area contributed by atoms with Gasteiger partial charge in [-0.25, -0.2) is 0 Å². The number of thiocarbonyl (C=S) groups is 1. The van der Waals surface area contributed by atoms with Crippen LogP contribution in [0.4, 0.5) is 5.69 Å². The highest BCUT2D eigenvalue weighted by atomic mass is 32.1. The van der Waals surface area contributed by atoms with Crippen molar-refractivity contribution in [2.24, 2.45) is 5.92 Å². The fourth-order valence-electron chi connectivity index (χ4n) is 2.97. The van der Waals surface area contributed by atoms with E-state index in [1.165, 1.54) is 11.1 Å². The summed E-state index contributed by atoms with van der Waals surface area (Å²) in [7, 11) is 0. The van der Waals surface area contributed by atoms with E-state index in [4.69, 9.17) is 21.7 Å². The first-order valence-corrected chi connectivity index (χ1v) is 8.98. The van der Waals surface area contributed by atoms with Crippen LogP contribution in [-0.2, 0) is 0 Å². The number of hydrogen-bond acceptors (Lipinski definition) is 3. The van der Waals surface area contributed by atoms with Crippen molar-refractivity contribution in [2.75, 3.05) is 18.5 Å². The highest BCUT2D eigenvalue weighted by molar-refractivity contribution is 7.80. The first-order chi connectivity index (χ1) is 12.0. The van der Waals surface area contributed by atoms with Crippen molar-refractivity contribution in [3.05, 3.63) is 53.6 Å². The Morgan fingerprint density at radius 2 is 1.76 bits per heavy atom. The van der Waals surface area contributed by atoms with Crippen LogP contribution in [-0.4, -0.2) is 18.3 Å². The molecule has 2 aromatic carbocycles. The summed E-state index contributed by atoms with van der Waals surface area (Å²) in [5, 5.41) is 7.30. The van der Waals surface area contributed by atoms with E-state index in [9.17, 15) is 0 Å². The van der Waals surface area contributed by atoms with Gasteiger partial charge in [0.1, 0.15) is 13.2 Å². The summed E-state index contributed by atoms with van der Waals surface area (Å²) in [4.78, 5) is 0. The molecule has 1 unspecified atom stereocenters. The number of aryl methyl sites for hydroxylation is 1. The number of anilines is 1. The van der Waals surface area contributed by atoms with Crippen molar-refractivity contribution in [1.29, 1.82) is 0 Å². The number of rotatable bonds is 4. The molecule has 0 aliphatic carbocycles. The molecule has 1 atom stereocenters. The van der Waals surface area contributed by atoms with Crippen LogP contribution in [0.1, 0.15) is 31.0 Å². The van der Waals surface area contributed by atoms with Crippen molar-refractivity contribution in [2.45, 2.75) is 26.8 Å². The lowest BCUT2D eigenvalue weighted by Gasteiger charge is -2.26. The van der Waals surface area contributed by atoms with Crippen LogP contribution in [0.25, 0.3) is 0 Å². The molecule has 3 rings (SSSR count). The maximum Gasteiger partial charge on any atom is 0.171 e. The summed E-state index contributed by atoms with van der Waals surface area (Å²) in [6.07, 6.45) is 0. The quantitative estimate of drug-likeness (QED) is 0.792. The van der Waals surface area contributed by atoms with Crippen LogP contribution in [0.2, 0.25) is 0 Å². The van der Waals surface area contributed by atoms with E-state index in [-0.39, 0.29) is 6.04 Å². The van der Waals surface area contributed by atoms with Crippen LogP contribution >= 0.6 is 12.2 Å². The lowest BCUT2D eigenvalue weighted by Crippen LogP contribution is -2.35. The topological polar surface area (TPSA) is 42.5 Å². The van der Waals surface area contributed by atoms with Crippen LogP contribution in [0.3, 0.4) is 0 Å². The minimum atomic E-state index is 0.151. The molecule has 0 radical (unpaired) electrons. The van der Waals surface area contributed by atoms with Crippen molar-refractivity contribution < 1.29 is 9.47 Å². The van der Waals surface area contributed by atoms with Gasteiger partial charge in [0.05, 0.1) is 6.04 Å². The van der Waals surface area contributed by atoms with Crippen molar-refractivity contribution in [1.82, 2.24) is 5.32 Å². The van der Waals surface area contributed by atoms with Gasteiger partial charge in [-0.2, -0.15) is 0 Å². The van der Waals surface area contributed by atoms with Gasteiger partial charge >= 0.3 is 0 Å². The Hall–Kier alpha value is -2.27. The summed E-state index contributed by atoms with van der Waals surface area (Å²) >= 11 is 5.54. The lowest BCUT2D eigenvalue weighted by atomic mass is 9.93. The minimum absolute atomic E-state index is 0.151. The molecule has 2 aromatic rings. The number of hydrogen-bond donors (Lipinski definition) is 2. The highest BCUT2D eigenvalue weighted by Gasteiger charge is 2.19.